The van der Waals surface area contributed by atoms with Crippen molar-refractivity contribution in [2.45, 2.75) is 0 Å². The summed E-state index contributed by atoms with van der Waals surface area (Å²) < 4.78 is 0. The molecular weight excluding hydrogens is 328 g/mol. The molecule has 0 aromatic heterocycles. The zero-order valence-electron chi connectivity index (χ0n) is 12.8. The van der Waals surface area contributed by atoms with Crippen LogP contribution in [-0.4, -0.2) is 27.3 Å². The summed E-state index contributed by atoms with van der Waals surface area (Å²) >= 11 is 0. The molecule has 0 aliphatic carbocycles. The molecule has 0 atom stereocenters. The van der Waals surface area contributed by atoms with Gasteiger partial charge in [0, 0.05) is 12.2 Å². The summed E-state index contributed by atoms with van der Waals surface area (Å²) in [6, 6.07) is 10.1. The Balaban J connectivity index is 1.83. The monoisotopic (exact) mass is 342 g/mol. The largest absolute Gasteiger partial charge is 0.508 e. The third-order valence-electron chi connectivity index (χ3n) is 2.90. The van der Waals surface area contributed by atoms with Crippen LogP contribution in [-0.2, 0) is 19.4 Å². The Hall–Kier alpha value is -3.74. The van der Waals surface area contributed by atoms with Gasteiger partial charge in [0.15, 0.2) is 11.5 Å². The van der Waals surface area contributed by atoms with Gasteiger partial charge in [-0.3, -0.25) is 0 Å². The highest BCUT2D eigenvalue weighted by atomic mass is 17.2. The van der Waals surface area contributed by atoms with E-state index in [-0.39, 0.29) is 17.2 Å². The van der Waals surface area contributed by atoms with E-state index in [1.54, 1.807) is 12.1 Å². The van der Waals surface area contributed by atoms with Gasteiger partial charge < -0.3 is 15.3 Å². The molecule has 0 unspecified atom stereocenters. The molecule has 0 saturated carbocycles. The number of hydrogen-bond acceptors (Lipinski definition) is 7. The smallest absolute Gasteiger partial charge is 0.379 e. The van der Waals surface area contributed by atoms with E-state index < -0.39 is 11.9 Å². The molecule has 2 aromatic carbocycles. The Morgan fingerprint density at radius 2 is 1.36 bits per heavy atom. The maximum Gasteiger partial charge on any atom is 0.379 e. The number of phenolic OH excluding ortho intramolecular Hbond substituents is 3. The van der Waals surface area contributed by atoms with Crippen LogP contribution in [0.3, 0.4) is 0 Å². The Morgan fingerprint density at radius 3 is 1.92 bits per heavy atom. The van der Waals surface area contributed by atoms with Crippen molar-refractivity contribution >= 4 is 24.1 Å². The van der Waals surface area contributed by atoms with Crippen LogP contribution >= 0.6 is 0 Å². The third-order valence-corrected chi connectivity index (χ3v) is 2.90. The lowest BCUT2D eigenvalue weighted by molar-refractivity contribution is -0.250. The average Bonchev–Trinajstić information content (AvgIpc) is 2.59. The summed E-state index contributed by atoms with van der Waals surface area (Å²) in [5.41, 5.74) is 0.998. The minimum absolute atomic E-state index is 0.0485. The number of phenols is 3. The Labute approximate surface area is 142 Å². The lowest BCUT2D eigenvalue weighted by Gasteiger charge is -1.99. The van der Waals surface area contributed by atoms with Gasteiger partial charge in [0.05, 0.1) is 0 Å². The molecule has 0 fully saturated rings. The molecule has 0 bridgehead atoms. The molecule has 0 radical (unpaired) electrons. The van der Waals surface area contributed by atoms with E-state index in [0.29, 0.717) is 11.1 Å². The molecule has 2 rings (SSSR count). The quantitative estimate of drug-likeness (QED) is 0.339. The van der Waals surface area contributed by atoms with E-state index in [4.69, 9.17) is 0 Å². The Bertz CT molecular complexity index is 837. The summed E-state index contributed by atoms with van der Waals surface area (Å²) in [7, 11) is 0. The van der Waals surface area contributed by atoms with Crippen LogP contribution in [0, 0.1) is 0 Å². The molecule has 0 aliphatic heterocycles. The summed E-state index contributed by atoms with van der Waals surface area (Å²) in [4.78, 5) is 31.5. The zero-order chi connectivity index (χ0) is 18.2. The predicted molar refractivity (Wildman–Crippen MR) is 88.1 cm³/mol. The summed E-state index contributed by atoms with van der Waals surface area (Å²) in [5, 5.41) is 27.8. The predicted octanol–water partition coefficient (Wildman–Crippen LogP) is 2.53. The van der Waals surface area contributed by atoms with E-state index >= 15 is 0 Å². The number of benzene rings is 2. The normalized spacial score (nSPS) is 10.9. The van der Waals surface area contributed by atoms with Crippen LogP contribution in [0.15, 0.2) is 54.6 Å². The molecule has 0 spiro atoms. The van der Waals surface area contributed by atoms with Crippen molar-refractivity contribution in [3.8, 4) is 17.2 Å². The average molecular weight is 342 g/mol. The van der Waals surface area contributed by atoms with Crippen molar-refractivity contribution in [2.75, 3.05) is 0 Å². The minimum Gasteiger partial charge on any atom is -0.508 e. The van der Waals surface area contributed by atoms with Crippen LogP contribution in [0.4, 0.5) is 0 Å². The number of aromatic hydroxyl groups is 3. The molecule has 0 amide bonds. The molecule has 0 heterocycles. The van der Waals surface area contributed by atoms with Crippen molar-refractivity contribution in [1.29, 1.82) is 0 Å². The number of rotatable bonds is 4. The zero-order valence-corrected chi connectivity index (χ0v) is 12.8. The van der Waals surface area contributed by atoms with Gasteiger partial charge in [-0.25, -0.2) is 19.4 Å². The number of carbonyl (C=O) groups is 2. The van der Waals surface area contributed by atoms with Crippen LogP contribution in [0.5, 0.6) is 17.2 Å². The summed E-state index contributed by atoms with van der Waals surface area (Å²) in [6.07, 6.45) is 4.70. The molecule has 7 nitrogen and oxygen atoms in total. The topological polar surface area (TPSA) is 113 Å². The van der Waals surface area contributed by atoms with Gasteiger partial charge in [-0.1, -0.05) is 18.2 Å². The van der Waals surface area contributed by atoms with Crippen molar-refractivity contribution < 1.29 is 34.7 Å². The van der Waals surface area contributed by atoms with Gasteiger partial charge in [-0.2, -0.15) is 0 Å². The second-order valence-electron chi connectivity index (χ2n) is 4.81. The van der Waals surface area contributed by atoms with E-state index in [1.807, 2.05) is 0 Å². The van der Waals surface area contributed by atoms with E-state index in [2.05, 4.69) is 9.78 Å². The maximum atomic E-state index is 11.4. The fourth-order valence-corrected chi connectivity index (χ4v) is 1.74. The molecule has 7 heteroatoms. The van der Waals surface area contributed by atoms with Crippen molar-refractivity contribution in [2.24, 2.45) is 0 Å². The van der Waals surface area contributed by atoms with Crippen molar-refractivity contribution in [3.63, 3.8) is 0 Å². The summed E-state index contributed by atoms with van der Waals surface area (Å²) in [5.74, 6) is -2.42. The molecule has 0 aliphatic rings. The van der Waals surface area contributed by atoms with Crippen LogP contribution in [0.2, 0.25) is 0 Å². The van der Waals surface area contributed by atoms with Crippen LogP contribution < -0.4 is 0 Å². The van der Waals surface area contributed by atoms with Gasteiger partial charge >= 0.3 is 11.9 Å². The highest BCUT2D eigenvalue weighted by Crippen LogP contribution is 2.25. The fraction of sp³-hybridized carbons (Fsp3) is 0. The van der Waals surface area contributed by atoms with Gasteiger partial charge in [-0.15, -0.1) is 0 Å². The van der Waals surface area contributed by atoms with E-state index in [0.717, 1.165) is 12.2 Å². The van der Waals surface area contributed by atoms with Gasteiger partial charge in [0.1, 0.15) is 5.75 Å². The Morgan fingerprint density at radius 1 is 0.760 bits per heavy atom. The summed E-state index contributed by atoms with van der Waals surface area (Å²) in [6.45, 7) is 0. The van der Waals surface area contributed by atoms with E-state index in [1.165, 1.54) is 42.5 Å². The fourth-order valence-electron chi connectivity index (χ4n) is 1.74. The van der Waals surface area contributed by atoms with Crippen LogP contribution in [0.1, 0.15) is 11.1 Å². The maximum absolute atomic E-state index is 11.4. The van der Waals surface area contributed by atoms with Gasteiger partial charge in [-0.05, 0) is 47.5 Å². The van der Waals surface area contributed by atoms with Crippen LogP contribution in [0.25, 0.3) is 12.2 Å². The SMILES string of the molecule is O=C(/C=C/c1cccc(O)c1)OOC(=O)/C=C/c1ccc(O)c(O)c1. The number of carbonyl (C=O) groups excluding carboxylic acids is 2. The standard InChI is InChI=1S/C18H14O7/c19-14-3-1-2-12(10-14)5-8-17(22)24-25-18(23)9-6-13-4-7-15(20)16(21)11-13/h1-11,19-21H/b8-5+,9-6+. The Kier molecular flexibility index (Phi) is 5.78. The van der Waals surface area contributed by atoms with Gasteiger partial charge in [0.2, 0.25) is 0 Å². The first-order valence-electron chi connectivity index (χ1n) is 7.03. The number of hydrogen-bond donors (Lipinski definition) is 3. The first kappa shape index (κ1) is 17.6. The van der Waals surface area contributed by atoms with Gasteiger partial charge in [0.25, 0.3) is 0 Å². The second kappa shape index (κ2) is 8.21. The minimum atomic E-state index is -0.938. The third kappa shape index (κ3) is 5.76. The van der Waals surface area contributed by atoms with Crippen molar-refractivity contribution in [3.05, 3.63) is 65.7 Å². The second-order valence-corrected chi connectivity index (χ2v) is 4.81. The van der Waals surface area contributed by atoms with Crippen molar-refractivity contribution in [1.82, 2.24) is 0 Å². The molecular formula is C18H14O7. The molecule has 128 valence electrons. The lowest BCUT2D eigenvalue weighted by Crippen LogP contribution is -2.06. The molecule has 25 heavy (non-hydrogen) atoms. The lowest BCUT2D eigenvalue weighted by atomic mass is 10.2. The highest BCUT2D eigenvalue weighted by Gasteiger charge is 2.04. The molecule has 3 N–H and O–H groups in total. The molecule has 0 saturated heterocycles. The van der Waals surface area contributed by atoms with E-state index in [9.17, 15) is 24.9 Å². The first-order chi connectivity index (χ1) is 11.9. The highest BCUT2D eigenvalue weighted by molar-refractivity contribution is 5.90. The first-order valence-corrected chi connectivity index (χ1v) is 7.03. The molecule has 2 aromatic rings.